The molecular formula is C28H28Cl2N4O4S2. The Morgan fingerprint density at radius 2 is 1.90 bits per heavy atom. The maximum absolute atomic E-state index is 12.9. The van der Waals surface area contributed by atoms with Crippen LogP contribution in [-0.4, -0.2) is 46.1 Å². The predicted octanol–water partition coefficient (Wildman–Crippen LogP) is 7.00. The van der Waals surface area contributed by atoms with Crippen LogP contribution in [0.25, 0.3) is 11.1 Å². The number of aromatic nitrogens is 3. The van der Waals surface area contributed by atoms with Gasteiger partial charge in [-0.2, -0.15) is 0 Å². The number of hydrogen-bond acceptors (Lipinski definition) is 8. The molecule has 0 atom stereocenters. The maximum atomic E-state index is 12.9. The van der Waals surface area contributed by atoms with Crippen LogP contribution in [0.4, 0.5) is 5.00 Å². The van der Waals surface area contributed by atoms with Gasteiger partial charge in [0.2, 0.25) is 5.91 Å². The van der Waals surface area contributed by atoms with Gasteiger partial charge in [-0.1, -0.05) is 58.7 Å². The van der Waals surface area contributed by atoms with Crippen LogP contribution in [0.1, 0.15) is 33.7 Å². The van der Waals surface area contributed by atoms with Crippen LogP contribution in [0.2, 0.25) is 10.0 Å². The van der Waals surface area contributed by atoms with Gasteiger partial charge in [0, 0.05) is 29.4 Å². The Bertz CT molecular complexity index is 1540. The summed E-state index contributed by atoms with van der Waals surface area (Å²) in [7, 11) is 3.19. The first-order valence-corrected chi connectivity index (χ1v) is 15.0. The van der Waals surface area contributed by atoms with Crippen molar-refractivity contribution in [2.45, 2.75) is 31.8 Å². The quantitative estimate of drug-likeness (QED) is 0.110. The van der Waals surface area contributed by atoms with E-state index in [-0.39, 0.29) is 11.7 Å². The number of nitrogens with zero attached hydrogens (tertiary/aromatic N) is 3. The second kappa shape index (κ2) is 13.5. The highest BCUT2D eigenvalue weighted by Gasteiger charge is 2.23. The van der Waals surface area contributed by atoms with E-state index in [4.69, 9.17) is 32.7 Å². The third-order valence-electron chi connectivity index (χ3n) is 6.07. The number of ether oxygens (including phenoxy) is 2. The van der Waals surface area contributed by atoms with Crippen molar-refractivity contribution in [2.24, 2.45) is 7.05 Å². The first-order valence-electron chi connectivity index (χ1n) is 12.3. The van der Waals surface area contributed by atoms with Crippen LogP contribution in [0.3, 0.4) is 0 Å². The van der Waals surface area contributed by atoms with Crippen LogP contribution in [-0.2, 0) is 23.0 Å². The number of halogens is 2. The summed E-state index contributed by atoms with van der Waals surface area (Å²) < 4.78 is 12.6. The van der Waals surface area contributed by atoms with Gasteiger partial charge in [-0.25, -0.2) is 4.79 Å². The van der Waals surface area contributed by atoms with E-state index in [2.05, 4.69) is 15.5 Å². The van der Waals surface area contributed by atoms with E-state index in [1.165, 1.54) is 30.2 Å². The lowest BCUT2D eigenvalue weighted by molar-refractivity contribution is -0.113. The van der Waals surface area contributed by atoms with Gasteiger partial charge in [-0.05, 0) is 49.6 Å². The molecule has 1 amide bonds. The van der Waals surface area contributed by atoms with Crippen LogP contribution >= 0.6 is 46.3 Å². The summed E-state index contributed by atoms with van der Waals surface area (Å²) in [5, 5.41) is 15.3. The Labute approximate surface area is 251 Å². The van der Waals surface area contributed by atoms with Gasteiger partial charge in [-0.3, -0.25) is 4.79 Å². The van der Waals surface area contributed by atoms with Crippen LogP contribution in [0.5, 0.6) is 5.75 Å². The Hall–Kier alpha value is -3.05. The summed E-state index contributed by atoms with van der Waals surface area (Å²) in [6, 6.07) is 11.2. The van der Waals surface area contributed by atoms with Gasteiger partial charge < -0.3 is 19.4 Å². The molecule has 0 spiro atoms. The average Bonchev–Trinajstić information content (AvgIpc) is 3.50. The number of thioether (sulfide) groups is 1. The highest BCUT2D eigenvalue weighted by molar-refractivity contribution is 7.99. The monoisotopic (exact) mass is 618 g/mol. The minimum absolute atomic E-state index is 0.0987. The van der Waals surface area contributed by atoms with Crippen LogP contribution in [0.15, 0.2) is 46.9 Å². The molecule has 0 bridgehead atoms. The molecule has 12 heteroatoms. The van der Waals surface area contributed by atoms with Crippen molar-refractivity contribution in [1.82, 2.24) is 14.8 Å². The first kappa shape index (κ1) is 29.9. The molecule has 0 aliphatic heterocycles. The second-order valence-electron chi connectivity index (χ2n) is 8.98. The van der Waals surface area contributed by atoms with Crippen molar-refractivity contribution in [1.29, 1.82) is 0 Å². The third kappa shape index (κ3) is 7.17. The molecule has 0 fully saturated rings. The van der Waals surface area contributed by atoms with E-state index in [1.54, 1.807) is 18.2 Å². The normalized spacial score (nSPS) is 10.9. The van der Waals surface area contributed by atoms with Crippen molar-refractivity contribution in [3.8, 4) is 16.9 Å². The lowest BCUT2D eigenvalue weighted by Gasteiger charge is -2.10. The number of rotatable bonds is 11. The number of hydrogen-bond donors (Lipinski definition) is 1. The number of amides is 1. The van der Waals surface area contributed by atoms with Crippen molar-refractivity contribution in [2.75, 3.05) is 24.8 Å². The molecule has 4 aromatic rings. The number of carbonyl (C=O) groups excluding carboxylic acids is 2. The summed E-state index contributed by atoms with van der Waals surface area (Å²) in [6.45, 7) is 4.43. The Kier molecular flexibility index (Phi) is 10.1. The zero-order chi connectivity index (χ0) is 28.8. The van der Waals surface area contributed by atoms with Gasteiger partial charge >= 0.3 is 5.97 Å². The molecule has 1 N–H and O–H groups in total. The number of thiophene rings is 1. The Balaban J connectivity index is 1.35. The van der Waals surface area contributed by atoms with Crippen LogP contribution in [0, 0.1) is 13.8 Å². The molecule has 0 aliphatic carbocycles. The predicted molar refractivity (Wildman–Crippen MR) is 161 cm³/mol. The van der Waals surface area contributed by atoms with E-state index in [0.29, 0.717) is 51.0 Å². The lowest BCUT2D eigenvalue weighted by atomic mass is 9.97. The first-order chi connectivity index (χ1) is 19.2. The fraction of sp³-hybridized carbons (Fsp3) is 0.286. The highest BCUT2D eigenvalue weighted by Crippen LogP contribution is 2.38. The van der Waals surface area contributed by atoms with Crippen LogP contribution < -0.4 is 10.1 Å². The molecule has 0 aliphatic rings. The topological polar surface area (TPSA) is 95.3 Å². The number of nitrogens with one attached hydrogen (secondary N) is 1. The summed E-state index contributed by atoms with van der Waals surface area (Å²) in [6.07, 6.45) is 1.34. The number of anilines is 1. The van der Waals surface area contributed by atoms with E-state index < -0.39 is 5.97 Å². The van der Waals surface area contributed by atoms with E-state index in [1.807, 2.05) is 49.0 Å². The minimum Gasteiger partial charge on any atom is -0.492 e. The fourth-order valence-electron chi connectivity index (χ4n) is 3.96. The number of methoxy groups -OCH3 is 1. The molecule has 2 aromatic heterocycles. The van der Waals surface area contributed by atoms with Crippen molar-refractivity contribution in [3.05, 3.63) is 74.3 Å². The average molecular weight is 620 g/mol. The molecule has 8 nitrogen and oxygen atoms in total. The van der Waals surface area contributed by atoms with Gasteiger partial charge in [0.1, 0.15) is 22.1 Å². The summed E-state index contributed by atoms with van der Waals surface area (Å²) in [5.41, 5.74) is 4.12. The summed E-state index contributed by atoms with van der Waals surface area (Å²) in [4.78, 5) is 25.6. The SMILES string of the molecule is COC(=O)c1c(-c2cc(C)ccc2C)csc1NC(=O)CSc1nnc(CCCOc2ccc(Cl)cc2Cl)n1C. The molecule has 0 saturated heterocycles. The van der Waals surface area contributed by atoms with Crippen molar-refractivity contribution < 1.29 is 19.1 Å². The number of esters is 1. The molecule has 0 unspecified atom stereocenters. The summed E-state index contributed by atoms with van der Waals surface area (Å²) in [5.74, 6) is 0.691. The molecule has 2 aromatic carbocycles. The standard InChI is InChI=1S/C28H28Cl2N4O4S2/c1-16-7-8-17(2)19(12-16)20-14-39-26(25(20)27(36)37-4)31-24(35)15-40-28-33-32-23(34(28)3)6-5-11-38-22-10-9-18(29)13-21(22)30/h7-10,12-14H,5-6,11,15H2,1-4H3,(H,31,35). The zero-order valence-corrected chi connectivity index (χ0v) is 25.6. The molecule has 0 radical (unpaired) electrons. The smallest absolute Gasteiger partial charge is 0.341 e. The molecule has 210 valence electrons. The van der Waals surface area contributed by atoms with Crippen molar-refractivity contribution in [3.63, 3.8) is 0 Å². The largest absolute Gasteiger partial charge is 0.492 e. The van der Waals surface area contributed by atoms with Gasteiger partial charge in [0.05, 0.1) is 24.5 Å². The molecule has 40 heavy (non-hydrogen) atoms. The summed E-state index contributed by atoms with van der Waals surface area (Å²) >= 11 is 14.6. The fourth-order valence-corrected chi connectivity index (χ4v) is 6.12. The van der Waals surface area contributed by atoms with E-state index in [9.17, 15) is 9.59 Å². The number of carbonyl (C=O) groups is 2. The van der Waals surface area contributed by atoms with E-state index >= 15 is 0 Å². The Morgan fingerprint density at radius 1 is 1.10 bits per heavy atom. The van der Waals surface area contributed by atoms with Gasteiger partial charge in [-0.15, -0.1) is 21.5 Å². The minimum atomic E-state index is -0.500. The Morgan fingerprint density at radius 3 is 2.65 bits per heavy atom. The van der Waals surface area contributed by atoms with Gasteiger partial charge in [0.15, 0.2) is 5.16 Å². The van der Waals surface area contributed by atoms with Gasteiger partial charge in [0.25, 0.3) is 0 Å². The maximum Gasteiger partial charge on any atom is 0.341 e. The zero-order valence-electron chi connectivity index (χ0n) is 22.4. The lowest BCUT2D eigenvalue weighted by Crippen LogP contribution is -2.16. The van der Waals surface area contributed by atoms with Crippen molar-refractivity contribution >= 4 is 63.2 Å². The number of benzene rings is 2. The molecule has 0 saturated carbocycles. The molecule has 4 rings (SSSR count). The van der Waals surface area contributed by atoms with E-state index in [0.717, 1.165) is 28.1 Å². The highest BCUT2D eigenvalue weighted by atomic mass is 35.5. The third-order valence-corrected chi connectivity index (χ3v) is 8.52. The molecule has 2 heterocycles. The molecular weight excluding hydrogens is 591 g/mol. The number of aryl methyl sites for hydroxylation is 3. The second-order valence-corrected chi connectivity index (χ2v) is 11.7.